The van der Waals surface area contributed by atoms with Gasteiger partial charge in [-0.25, -0.2) is 13.1 Å². The number of methoxy groups -OCH3 is 1. The van der Waals surface area contributed by atoms with Gasteiger partial charge < -0.3 is 14.5 Å². The maximum atomic E-state index is 12.4. The zero-order valence-corrected chi connectivity index (χ0v) is 17.6. The fourth-order valence-electron chi connectivity index (χ4n) is 3.10. The standard InChI is InChI=1S/C21H26N2O5S/c1-14(2)29(25,26)22-13-7-6-10-19(24)23-16-11-12-18-20(21(16)27-3)15-8-4-5-9-17(15)28-18/h4-5,8-9,11-12,14,22H,6-7,10,13H2,1-3H3,(H,23,24). The van der Waals surface area contributed by atoms with Crippen LogP contribution in [-0.2, 0) is 14.8 Å². The zero-order valence-electron chi connectivity index (χ0n) is 16.8. The molecule has 0 fully saturated rings. The van der Waals surface area contributed by atoms with Crippen LogP contribution in [0, 0.1) is 0 Å². The normalized spacial score (nSPS) is 12.0. The SMILES string of the molecule is COc1c(NC(=O)CCCCNS(=O)(=O)C(C)C)ccc2oc3ccccc3c12. The number of carbonyl (C=O) groups is 1. The summed E-state index contributed by atoms with van der Waals surface area (Å²) in [4.78, 5) is 12.4. The molecule has 0 atom stereocenters. The van der Waals surface area contributed by atoms with Crippen LogP contribution in [0.4, 0.5) is 5.69 Å². The fraction of sp³-hybridized carbons (Fsp3) is 0.381. The number of fused-ring (bicyclic) bond motifs is 3. The van der Waals surface area contributed by atoms with Crippen LogP contribution < -0.4 is 14.8 Å². The van der Waals surface area contributed by atoms with Gasteiger partial charge in [-0.1, -0.05) is 18.2 Å². The predicted molar refractivity (Wildman–Crippen MR) is 115 cm³/mol. The second kappa shape index (κ2) is 8.84. The van der Waals surface area contributed by atoms with E-state index in [1.807, 2.05) is 30.3 Å². The number of para-hydroxylation sites is 1. The monoisotopic (exact) mass is 418 g/mol. The minimum Gasteiger partial charge on any atom is -0.494 e. The molecule has 0 radical (unpaired) electrons. The number of ether oxygens (including phenoxy) is 1. The minimum absolute atomic E-state index is 0.151. The summed E-state index contributed by atoms with van der Waals surface area (Å²) < 4.78 is 37.4. The van der Waals surface area contributed by atoms with Crippen LogP contribution in [-0.4, -0.2) is 33.2 Å². The third-order valence-corrected chi connectivity index (χ3v) is 6.58. The zero-order chi connectivity index (χ0) is 21.0. The molecule has 0 spiro atoms. The molecule has 1 aromatic heterocycles. The maximum absolute atomic E-state index is 12.4. The van der Waals surface area contributed by atoms with Gasteiger partial charge in [-0.15, -0.1) is 0 Å². The molecule has 0 aliphatic carbocycles. The van der Waals surface area contributed by atoms with Gasteiger partial charge in [-0.2, -0.15) is 0 Å². The number of nitrogens with one attached hydrogen (secondary N) is 2. The van der Waals surface area contributed by atoms with Crippen molar-refractivity contribution in [2.75, 3.05) is 19.0 Å². The molecule has 156 valence electrons. The van der Waals surface area contributed by atoms with Crippen LogP contribution in [0.2, 0.25) is 0 Å². The Morgan fingerprint density at radius 3 is 2.59 bits per heavy atom. The highest BCUT2D eigenvalue weighted by Gasteiger charge is 2.17. The number of unbranched alkanes of at least 4 members (excludes halogenated alkanes) is 1. The van der Waals surface area contributed by atoms with Crippen LogP contribution >= 0.6 is 0 Å². The number of benzene rings is 2. The lowest BCUT2D eigenvalue weighted by Gasteiger charge is -2.12. The Balaban J connectivity index is 1.64. The van der Waals surface area contributed by atoms with Gasteiger partial charge in [0.2, 0.25) is 15.9 Å². The first-order valence-corrected chi connectivity index (χ1v) is 11.1. The third-order valence-electron chi connectivity index (χ3n) is 4.73. The Morgan fingerprint density at radius 2 is 1.86 bits per heavy atom. The van der Waals surface area contributed by atoms with Crippen molar-refractivity contribution in [3.8, 4) is 5.75 Å². The van der Waals surface area contributed by atoms with Crippen molar-refractivity contribution in [2.24, 2.45) is 0 Å². The van der Waals surface area contributed by atoms with E-state index in [4.69, 9.17) is 9.15 Å². The lowest BCUT2D eigenvalue weighted by atomic mass is 10.1. The van der Waals surface area contributed by atoms with Crippen LogP contribution in [0.15, 0.2) is 40.8 Å². The average Bonchev–Trinajstić information content (AvgIpc) is 3.06. The van der Waals surface area contributed by atoms with Gasteiger partial charge in [0.05, 0.1) is 23.4 Å². The summed E-state index contributed by atoms with van der Waals surface area (Å²) in [7, 11) is -1.70. The predicted octanol–water partition coefficient (Wildman–Crippen LogP) is 4.03. The van der Waals surface area contributed by atoms with E-state index < -0.39 is 15.3 Å². The van der Waals surface area contributed by atoms with Gasteiger partial charge in [-0.05, 0) is 44.9 Å². The van der Waals surface area contributed by atoms with Gasteiger partial charge in [0, 0.05) is 18.4 Å². The molecule has 0 bridgehead atoms. The number of furan rings is 1. The Labute approximate surface area is 170 Å². The minimum atomic E-state index is -3.27. The molecule has 2 N–H and O–H groups in total. The highest BCUT2D eigenvalue weighted by atomic mass is 32.2. The Kier molecular flexibility index (Phi) is 6.44. The van der Waals surface area contributed by atoms with E-state index in [0.717, 1.165) is 16.4 Å². The van der Waals surface area contributed by atoms with E-state index in [9.17, 15) is 13.2 Å². The van der Waals surface area contributed by atoms with E-state index in [2.05, 4.69) is 10.0 Å². The molecule has 1 heterocycles. The Hall–Kier alpha value is -2.58. The molecular weight excluding hydrogens is 392 g/mol. The van der Waals surface area contributed by atoms with Crippen molar-refractivity contribution in [3.63, 3.8) is 0 Å². The molecule has 0 aliphatic rings. The fourth-order valence-corrected chi connectivity index (χ4v) is 3.86. The van der Waals surface area contributed by atoms with Crippen LogP contribution in [0.3, 0.4) is 0 Å². The van der Waals surface area contributed by atoms with Gasteiger partial charge >= 0.3 is 0 Å². The number of sulfonamides is 1. The summed E-state index contributed by atoms with van der Waals surface area (Å²) in [6.45, 7) is 3.58. The second-order valence-electron chi connectivity index (χ2n) is 7.11. The molecule has 0 unspecified atom stereocenters. The molecule has 0 saturated heterocycles. The molecule has 7 nitrogen and oxygen atoms in total. The summed E-state index contributed by atoms with van der Waals surface area (Å²) in [5, 5.41) is 4.17. The van der Waals surface area contributed by atoms with Crippen molar-refractivity contribution in [1.82, 2.24) is 4.72 Å². The summed E-state index contributed by atoms with van der Waals surface area (Å²) in [6, 6.07) is 11.2. The number of rotatable bonds is 9. The first-order valence-electron chi connectivity index (χ1n) is 9.60. The number of hydrogen-bond donors (Lipinski definition) is 2. The first kappa shape index (κ1) is 21.1. The third kappa shape index (κ3) is 4.71. The number of amides is 1. The molecule has 29 heavy (non-hydrogen) atoms. The van der Waals surface area contributed by atoms with E-state index in [1.165, 1.54) is 0 Å². The molecule has 3 aromatic rings. The van der Waals surface area contributed by atoms with Crippen LogP contribution in [0.1, 0.15) is 33.1 Å². The smallest absolute Gasteiger partial charge is 0.224 e. The van der Waals surface area contributed by atoms with Crippen LogP contribution in [0.25, 0.3) is 21.9 Å². The molecule has 0 saturated carbocycles. The Bertz CT molecular complexity index is 1120. The largest absolute Gasteiger partial charge is 0.494 e. The van der Waals surface area contributed by atoms with E-state index in [0.29, 0.717) is 36.4 Å². The number of carbonyl (C=O) groups excluding carboxylic acids is 1. The summed E-state index contributed by atoms with van der Waals surface area (Å²) in [5.41, 5.74) is 2.03. The number of hydrogen-bond acceptors (Lipinski definition) is 5. The number of anilines is 1. The lowest BCUT2D eigenvalue weighted by molar-refractivity contribution is -0.116. The topological polar surface area (TPSA) is 97.6 Å². The lowest BCUT2D eigenvalue weighted by Crippen LogP contribution is -2.31. The van der Waals surface area contributed by atoms with Crippen molar-refractivity contribution >= 4 is 43.6 Å². The van der Waals surface area contributed by atoms with Crippen molar-refractivity contribution in [2.45, 2.75) is 38.4 Å². The van der Waals surface area contributed by atoms with Crippen molar-refractivity contribution in [3.05, 3.63) is 36.4 Å². The molecule has 0 aliphatic heterocycles. The van der Waals surface area contributed by atoms with Crippen molar-refractivity contribution in [1.29, 1.82) is 0 Å². The quantitative estimate of drug-likeness (QED) is 0.511. The first-order chi connectivity index (χ1) is 13.8. The molecule has 8 heteroatoms. The van der Waals surface area contributed by atoms with Gasteiger partial charge in [0.15, 0.2) is 5.75 Å². The Morgan fingerprint density at radius 1 is 1.10 bits per heavy atom. The highest BCUT2D eigenvalue weighted by Crippen LogP contribution is 2.40. The molecule has 3 rings (SSSR count). The molecular formula is C21H26N2O5S. The maximum Gasteiger partial charge on any atom is 0.224 e. The molecule has 1 amide bonds. The van der Waals surface area contributed by atoms with Gasteiger partial charge in [0.1, 0.15) is 11.2 Å². The second-order valence-corrected chi connectivity index (χ2v) is 9.43. The van der Waals surface area contributed by atoms with Gasteiger partial charge in [-0.3, -0.25) is 4.79 Å². The van der Waals surface area contributed by atoms with Gasteiger partial charge in [0.25, 0.3) is 0 Å². The average molecular weight is 419 g/mol. The molecule has 2 aromatic carbocycles. The summed E-state index contributed by atoms with van der Waals surface area (Å²) >= 11 is 0. The van der Waals surface area contributed by atoms with Crippen molar-refractivity contribution < 1.29 is 22.4 Å². The summed E-state index contributed by atoms with van der Waals surface area (Å²) in [6.07, 6.45) is 1.45. The summed E-state index contributed by atoms with van der Waals surface area (Å²) in [5.74, 6) is 0.410. The van der Waals surface area contributed by atoms with E-state index >= 15 is 0 Å². The van der Waals surface area contributed by atoms with E-state index in [-0.39, 0.29) is 12.3 Å². The highest BCUT2D eigenvalue weighted by molar-refractivity contribution is 7.90. The van der Waals surface area contributed by atoms with Crippen LogP contribution in [0.5, 0.6) is 5.75 Å². The van der Waals surface area contributed by atoms with E-state index in [1.54, 1.807) is 27.0 Å².